The Morgan fingerprint density at radius 1 is 1.14 bits per heavy atom. The van der Waals surface area contributed by atoms with Gasteiger partial charge in [0, 0.05) is 33.2 Å². The number of benzene rings is 2. The molecule has 4 nitrogen and oxygen atoms in total. The quantitative estimate of drug-likeness (QED) is 0.787. The minimum atomic E-state index is -0.185. The summed E-state index contributed by atoms with van der Waals surface area (Å²) in [6, 6.07) is 16.7. The Hall–Kier alpha value is -2.40. The lowest BCUT2D eigenvalue weighted by Crippen LogP contribution is -2.44. The molecule has 1 aliphatic rings. The van der Waals surface area contributed by atoms with Crippen molar-refractivity contribution < 1.29 is 9.18 Å². The van der Waals surface area contributed by atoms with Crippen molar-refractivity contribution in [2.24, 2.45) is 5.92 Å². The summed E-state index contributed by atoms with van der Waals surface area (Å²) in [4.78, 5) is 16.6. The smallest absolute Gasteiger partial charge is 0.317 e. The molecule has 2 amide bonds. The van der Waals surface area contributed by atoms with E-state index in [4.69, 9.17) is 0 Å². The van der Waals surface area contributed by atoms with Crippen LogP contribution in [0.1, 0.15) is 24.0 Å². The van der Waals surface area contributed by atoms with Crippen LogP contribution in [0, 0.1) is 11.7 Å². The number of halogens is 1. The highest BCUT2D eigenvalue weighted by molar-refractivity contribution is 5.73. The maximum absolute atomic E-state index is 13.0. The molecule has 0 bridgehead atoms. The third kappa shape index (κ3) is 6.34. The number of carbonyl (C=O) groups is 1. The summed E-state index contributed by atoms with van der Waals surface area (Å²) in [5, 5.41) is 2.99. The van der Waals surface area contributed by atoms with Crippen LogP contribution in [0.4, 0.5) is 9.18 Å². The number of piperidine rings is 1. The van der Waals surface area contributed by atoms with Gasteiger partial charge >= 0.3 is 6.03 Å². The lowest BCUT2D eigenvalue weighted by Gasteiger charge is -2.34. The van der Waals surface area contributed by atoms with E-state index in [0.717, 1.165) is 51.0 Å². The van der Waals surface area contributed by atoms with Crippen molar-refractivity contribution in [1.82, 2.24) is 15.1 Å². The molecule has 2 aromatic carbocycles. The van der Waals surface area contributed by atoms with E-state index in [1.54, 1.807) is 4.90 Å². The van der Waals surface area contributed by atoms with Gasteiger partial charge in [0.25, 0.3) is 0 Å². The van der Waals surface area contributed by atoms with Crippen LogP contribution >= 0.6 is 0 Å². The van der Waals surface area contributed by atoms with Crippen LogP contribution in [-0.4, -0.2) is 49.1 Å². The monoisotopic (exact) mass is 383 g/mol. The molecule has 0 unspecified atom stereocenters. The summed E-state index contributed by atoms with van der Waals surface area (Å²) in [6.07, 6.45) is 3.25. The average Bonchev–Trinajstić information content (AvgIpc) is 2.72. The summed E-state index contributed by atoms with van der Waals surface area (Å²) in [7, 11) is 1.87. The van der Waals surface area contributed by atoms with Gasteiger partial charge in [-0.3, -0.25) is 0 Å². The van der Waals surface area contributed by atoms with Crippen LogP contribution in [0.3, 0.4) is 0 Å². The molecule has 0 saturated carbocycles. The molecule has 2 aromatic rings. The molecule has 1 fully saturated rings. The highest BCUT2D eigenvalue weighted by atomic mass is 19.1. The maximum atomic E-state index is 13.0. The van der Waals surface area contributed by atoms with Crippen molar-refractivity contribution in [3.8, 4) is 0 Å². The van der Waals surface area contributed by atoms with Crippen LogP contribution < -0.4 is 5.32 Å². The van der Waals surface area contributed by atoms with Crippen LogP contribution in [-0.2, 0) is 13.0 Å². The number of hydrogen-bond donors (Lipinski definition) is 1. The second-order valence-corrected chi connectivity index (χ2v) is 7.71. The number of likely N-dealkylation sites (tertiary alicyclic amines) is 1. The van der Waals surface area contributed by atoms with Gasteiger partial charge in [-0.15, -0.1) is 0 Å². The Bertz CT molecular complexity index is 735. The highest BCUT2D eigenvalue weighted by Gasteiger charge is 2.22. The molecule has 1 N–H and O–H groups in total. The van der Waals surface area contributed by atoms with Crippen molar-refractivity contribution in [2.45, 2.75) is 25.8 Å². The summed E-state index contributed by atoms with van der Waals surface area (Å²) in [5.74, 6) is 0.310. The molecule has 1 aliphatic heterocycles. The van der Waals surface area contributed by atoms with Crippen molar-refractivity contribution in [3.63, 3.8) is 0 Å². The van der Waals surface area contributed by atoms with Crippen LogP contribution in [0.15, 0.2) is 54.6 Å². The van der Waals surface area contributed by atoms with Gasteiger partial charge in [-0.1, -0.05) is 42.5 Å². The molecule has 0 spiro atoms. The third-order valence-corrected chi connectivity index (χ3v) is 5.40. The van der Waals surface area contributed by atoms with E-state index in [0.29, 0.717) is 12.5 Å². The fraction of sp³-hybridized carbons (Fsp3) is 0.435. The van der Waals surface area contributed by atoms with Crippen molar-refractivity contribution >= 4 is 6.03 Å². The second kappa shape index (κ2) is 10.2. The Labute approximate surface area is 167 Å². The molecule has 0 aromatic heterocycles. The largest absolute Gasteiger partial charge is 0.334 e. The molecule has 1 heterocycles. The minimum Gasteiger partial charge on any atom is -0.334 e. The van der Waals surface area contributed by atoms with E-state index < -0.39 is 0 Å². The summed E-state index contributed by atoms with van der Waals surface area (Å²) < 4.78 is 13.0. The zero-order chi connectivity index (χ0) is 19.8. The highest BCUT2D eigenvalue weighted by Crippen LogP contribution is 2.18. The van der Waals surface area contributed by atoms with Gasteiger partial charge in [0.2, 0.25) is 0 Å². The van der Waals surface area contributed by atoms with E-state index in [1.165, 1.54) is 17.7 Å². The number of hydrogen-bond acceptors (Lipinski definition) is 2. The van der Waals surface area contributed by atoms with Gasteiger partial charge in [0.15, 0.2) is 0 Å². The van der Waals surface area contributed by atoms with E-state index in [1.807, 2.05) is 49.5 Å². The fourth-order valence-electron chi connectivity index (χ4n) is 3.82. The van der Waals surface area contributed by atoms with Gasteiger partial charge in [-0.2, -0.15) is 0 Å². The van der Waals surface area contributed by atoms with Crippen LogP contribution in [0.2, 0.25) is 0 Å². The van der Waals surface area contributed by atoms with Gasteiger partial charge in [0.05, 0.1) is 0 Å². The summed E-state index contributed by atoms with van der Waals surface area (Å²) >= 11 is 0. The molecule has 0 radical (unpaired) electrons. The lowest BCUT2D eigenvalue weighted by molar-refractivity contribution is 0.146. The van der Waals surface area contributed by atoms with Crippen molar-refractivity contribution in [2.75, 3.05) is 33.2 Å². The number of carbonyl (C=O) groups excluding carboxylic acids is 1. The van der Waals surface area contributed by atoms with Crippen LogP contribution in [0.5, 0.6) is 0 Å². The number of urea groups is 1. The number of nitrogens with one attached hydrogen (secondary N) is 1. The number of nitrogens with zero attached hydrogens (tertiary/aromatic N) is 2. The molecule has 5 heteroatoms. The van der Waals surface area contributed by atoms with Gasteiger partial charge < -0.3 is 15.1 Å². The summed E-state index contributed by atoms with van der Waals surface area (Å²) in [6.45, 7) is 4.41. The van der Waals surface area contributed by atoms with E-state index in [2.05, 4.69) is 10.2 Å². The average molecular weight is 384 g/mol. The van der Waals surface area contributed by atoms with Gasteiger partial charge in [0.1, 0.15) is 5.82 Å². The molecular weight excluding hydrogens is 353 g/mol. The predicted octanol–water partition coefficient (Wildman–Crippen LogP) is 3.92. The van der Waals surface area contributed by atoms with Gasteiger partial charge in [-0.25, -0.2) is 9.18 Å². The number of rotatable bonds is 7. The molecule has 1 saturated heterocycles. The predicted molar refractivity (Wildman–Crippen MR) is 111 cm³/mol. The van der Waals surface area contributed by atoms with Gasteiger partial charge in [-0.05, 0) is 55.0 Å². The van der Waals surface area contributed by atoms with Crippen LogP contribution in [0.25, 0.3) is 0 Å². The third-order valence-electron chi connectivity index (χ3n) is 5.40. The Morgan fingerprint density at radius 2 is 1.89 bits per heavy atom. The minimum absolute atomic E-state index is 0.0210. The molecule has 28 heavy (non-hydrogen) atoms. The first-order valence-electron chi connectivity index (χ1n) is 10.1. The van der Waals surface area contributed by atoms with E-state index in [9.17, 15) is 9.18 Å². The SMILES string of the molecule is CN(C[C@@H]1CCCN(CCc2ccc(F)cc2)C1)C(=O)NCc1ccccc1. The first-order valence-corrected chi connectivity index (χ1v) is 10.1. The Kier molecular flexibility index (Phi) is 7.43. The normalized spacial score (nSPS) is 17.3. The molecule has 3 rings (SSSR count). The van der Waals surface area contributed by atoms with Crippen molar-refractivity contribution in [3.05, 3.63) is 71.5 Å². The van der Waals surface area contributed by atoms with E-state index in [-0.39, 0.29) is 11.8 Å². The summed E-state index contributed by atoms with van der Waals surface area (Å²) in [5.41, 5.74) is 2.27. The van der Waals surface area contributed by atoms with Crippen molar-refractivity contribution in [1.29, 1.82) is 0 Å². The molecular formula is C23H30FN3O. The molecule has 0 aliphatic carbocycles. The van der Waals surface area contributed by atoms with E-state index >= 15 is 0 Å². The first-order chi connectivity index (χ1) is 13.6. The maximum Gasteiger partial charge on any atom is 0.317 e. The zero-order valence-corrected chi connectivity index (χ0v) is 16.6. The Balaban J connectivity index is 1.40. The topological polar surface area (TPSA) is 35.6 Å². The lowest BCUT2D eigenvalue weighted by atomic mass is 9.97. The molecule has 1 atom stereocenters. The standard InChI is InChI=1S/C23H30FN3O/c1-26(23(28)25-16-20-6-3-2-4-7-20)17-21-8-5-14-27(18-21)15-13-19-9-11-22(24)12-10-19/h2-4,6-7,9-12,21H,5,8,13-18H2,1H3,(H,25,28)/t21-/m0/s1. The number of amides is 2. The Morgan fingerprint density at radius 3 is 2.64 bits per heavy atom. The zero-order valence-electron chi connectivity index (χ0n) is 16.6. The first kappa shape index (κ1) is 20.3. The second-order valence-electron chi connectivity index (χ2n) is 7.71. The molecule has 150 valence electrons. The fourth-order valence-corrected chi connectivity index (χ4v) is 3.82.